The van der Waals surface area contributed by atoms with Crippen molar-refractivity contribution >= 4 is 11.8 Å². The van der Waals surface area contributed by atoms with Gasteiger partial charge in [-0.15, -0.1) is 0 Å². The van der Waals surface area contributed by atoms with Crippen molar-refractivity contribution in [2.75, 3.05) is 32.1 Å². The van der Waals surface area contributed by atoms with Gasteiger partial charge in [0.2, 0.25) is 0 Å². The van der Waals surface area contributed by atoms with Crippen LogP contribution in [0.1, 0.15) is 23.2 Å². The molecule has 1 aliphatic heterocycles. The summed E-state index contributed by atoms with van der Waals surface area (Å²) in [5, 5.41) is 9.15. The van der Waals surface area contributed by atoms with Crippen LogP contribution in [0, 0.1) is 5.82 Å². The number of rotatable bonds is 3. The van der Waals surface area contributed by atoms with E-state index in [2.05, 4.69) is 9.88 Å². The first-order valence-electron chi connectivity index (χ1n) is 6.29. The summed E-state index contributed by atoms with van der Waals surface area (Å²) in [6.45, 7) is 1.90. The van der Waals surface area contributed by atoms with Gasteiger partial charge in [-0.05, 0) is 32.5 Å². The number of carboxylic acids is 1. The molecule has 19 heavy (non-hydrogen) atoms. The number of likely N-dealkylation sites (N-methyl/N-ethyl adjacent to an activating group) is 2. The van der Waals surface area contributed by atoms with Crippen LogP contribution in [-0.4, -0.2) is 54.2 Å². The number of pyridine rings is 1. The molecular formula is C13H18FN3O2. The SMILES string of the molecule is CN1CCCC(N(C)c2ncc(F)cc2C(=O)O)C1. The van der Waals surface area contributed by atoms with E-state index in [-0.39, 0.29) is 11.6 Å². The van der Waals surface area contributed by atoms with Gasteiger partial charge in [-0.2, -0.15) is 0 Å². The van der Waals surface area contributed by atoms with Gasteiger partial charge in [0, 0.05) is 19.6 Å². The number of carboxylic acid groups (broad SMARTS) is 1. The number of anilines is 1. The number of carbonyl (C=O) groups is 1. The first-order chi connectivity index (χ1) is 8.99. The predicted molar refractivity (Wildman–Crippen MR) is 70.1 cm³/mol. The molecule has 1 aromatic heterocycles. The van der Waals surface area contributed by atoms with E-state index in [1.807, 2.05) is 19.0 Å². The molecule has 6 heteroatoms. The number of likely N-dealkylation sites (tertiary alicyclic amines) is 1. The summed E-state index contributed by atoms with van der Waals surface area (Å²) in [7, 11) is 3.85. The van der Waals surface area contributed by atoms with Gasteiger partial charge in [0.25, 0.3) is 0 Å². The Hall–Kier alpha value is -1.69. The molecule has 2 heterocycles. The molecule has 0 aliphatic carbocycles. The van der Waals surface area contributed by atoms with Crippen LogP contribution in [-0.2, 0) is 0 Å². The zero-order valence-electron chi connectivity index (χ0n) is 11.1. The summed E-state index contributed by atoms with van der Waals surface area (Å²) in [4.78, 5) is 19.2. The molecular weight excluding hydrogens is 249 g/mol. The lowest BCUT2D eigenvalue weighted by Gasteiger charge is -2.36. The Morgan fingerprint density at radius 2 is 2.37 bits per heavy atom. The monoisotopic (exact) mass is 267 g/mol. The fourth-order valence-electron chi connectivity index (χ4n) is 2.50. The number of nitrogens with zero attached hydrogens (tertiary/aromatic N) is 3. The Morgan fingerprint density at radius 1 is 1.63 bits per heavy atom. The Balaban J connectivity index is 2.27. The van der Waals surface area contributed by atoms with E-state index >= 15 is 0 Å². The second-order valence-electron chi connectivity index (χ2n) is 5.00. The molecule has 1 aliphatic rings. The second kappa shape index (κ2) is 5.52. The number of aromatic carboxylic acids is 1. The van der Waals surface area contributed by atoms with Gasteiger partial charge in [-0.25, -0.2) is 14.2 Å². The van der Waals surface area contributed by atoms with Crippen molar-refractivity contribution in [1.82, 2.24) is 9.88 Å². The molecule has 0 amide bonds. The Kier molecular flexibility index (Phi) is 3.99. The van der Waals surface area contributed by atoms with Crippen molar-refractivity contribution in [2.45, 2.75) is 18.9 Å². The summed E-state index contributed by atoms with van der Waals surface area (Å²) in [6.07, 6.45) is 3.11. The third-order valence-electron chi connectivity index (χ3n) is 3.55. The van der Waals surface area contributed by atoms with Crippen LogP contribution in [0.25, 0.3) is 0 Å². The maximum Gasteiger partial charge on any atom is 0.339 e. The summed E-state index contributed by atoms with van der Waals surface area (Å²) in [5.41, 5.74) is -0.0873. The van der Waals surface area contributed by atoms with Crippen LogP contribution in [0.2, 0.25) is 0 Å². The molecule has 5 nitrogen and oxygen atoms in total. The number of halogens is 1. The van der Waals surface area contributed by atoms with Crippen molar-refractivity contribution in [3.8, 4) is 0 Å². The topological polar surface area (TPSA) is 56.7 Å². The third kappa shape index (κ3) is 3.01. The highest BCUT2D eigenvalue weighted by Gasteiger charge is 2.25. The highest BCUT2D eigenvalue weighted by atomic mass is 19.1. The molecule has 0 saturated carbocycles. The second-order valence-corrected chi connectivity index (χ2v) is 5.00. The Labute approximate surface area is 111 Å². The highest BCUT2D eigenvalue weighted by Crippen LogP contribution is 2.23. The molecule has 1 aromatic rings. The van der Waals surface area contributed by atoms with Gasteiger partial charge < -0.3 is 14.9 Å². The standard InChI is InChI=1S/C13H18FN3O2/c1-16-5-3-4-10(8-16)17(2)12-11(13(18)19)6-9(14)7-15-12/h6-7,10H,3-5,8H2,1-2H3,(H,18,19). The van der Waals surface area contributed by atoms with E-state index < -0.39 is 11.8 Å². The quantitative estimate of drug-likeness (QED) is 0.898. The van der Waals surface area contributed by atoms with E-state index in [1.54, 1.807) is 0 Å². The molecule has 0 bridgehead atoms. The first-order valence-corrected chi connectivity index (χ1v) is 6.29. The van der Waals surface area contributed by atoms with Gasteiger partial charge in [-0.3, -0.25) is 0 Å². The lowest BCUT2D eigenvalue weighted by molar-refractivity contribution is 0.0696. The maximum atomic E-state index is 13.1. The predicted octanol–water partition coefficient (Wildman–Crippen LogP) is 1.45. The maximum absolute atomic E-state index is 13.1. The minimum atomic E-state index is -1.15. The van der Waals surface area contributed by atoms with Gasteiger partial charge in [0.1, 0.15) is 17.2 Å². The van der Waals surface area contributed by atoms with Crippen molar-refractivity contribution in [2.24, 2.45) is 0 Å². The van der Waals surface area contributed by atoms with E-state index in [0.29, 0.717) is 5.82 Å². The highest BCUT2D eigenvalue weighted by molar-refractivity contribution is 5.93. The number of hydrogen-bond acceptors (Lipinski definition) is 4. The van der Waals surface area contributed by atoms with Crippen molar-refractivity contribution in [3.05, 3.63) is 23.6 Å². The van der Waals surface area contributed by atoms with Crippen LogP contribution in [0.5, 0.6) is 0 Å². The summed E-state index contributed by atoms with van der Waals surface area (Å²) in [6, 6.07) is 1.23. The molecule has 104 valence electrons. The minimum absolute atomic E-state index is 0.0873. The van der Waals surface area contributed by atoms with Gasteiger partial charge in [0.05, 0.1) is 6.20 Å². The fourth-order valence-corrected chi connectivity index (χ4v) is 2.50. The zero-order chi connectivity index (χ0) is 14.0. The molecule has 1 saturated heterocycles. The Bertz CT molecular complexity index is 481. The molecule has 2 rings (SSSR count). The molecule has 0 aromatic carbocycles. The van der Waals surface area contributed by atoms with Gasteiger partial charge in [0.15, 0.2) is 0 Å². The zero-order valence-corrected chi connectivity index (χ0v) is 11.1. The fraction of sp³-hybridized carbons (Fsp3) is 0.538. The first kappa shape index (κ1) is 13.7. The number of hydrogen-bond donors (Lipinski definition) is 1. The van der Waals surface area contributed by atoms with E-state index in [4.69, 9.17) is 5.11 Å². The summed E-state index contributed by atoms with van der Waals surface area (Å²) < 4.78 is 13.1. The van der Waals surface area contributed by atoms with Gasteiger partial charge in [-0.1, -0.05) is 0 Å². The molecule has 1 fully saturated rings. The van der Waals surface area contributed by atoms with Crippen LogP contribution < -0.4 is 4.90 Å². The largest absolute Gasteiger partial charge is 0.478 e. The van der Waals surface area contributed by atoms with E-state index in [9.17, 15) is 9.18 Å². The average Bonchev–Trinajstić information content (AvgIpc) is 2.37. The molecule has 0 radical (unpaired) electrons. The Morgan fingerprint density at radius 3 is 3.00 bits per heavy atom. The molecule has 1 N–H and O–H groups in total. The van der Waals surface area contributed by atoms with Crippen LogP contribution in [0.3, 0.4) is 0 Å². The minimum Gasteiger partial charge on any atom is -0.478 e. The lowest BCUT2D eigenvalue weighted by atomic mass is 10.0. The smallest absolute Gasteiger partial charge is 0.339 e. The molecule has 0 spiro atoms. The normalized spacial score (nSPS) is 20.3. The third-order valence-corrected chi connectivity index (χ3v) is 3.55. The summed E-state index contributed by atoms with van der Waals surface area (Å²) in [5.74, 6) is -1.46. The average molecular weight is 267 g/mol. The van der Waals surface area contributed by atoms with Crippen molar-refractivity contribution < 1.29 is 14.3 Å². The number of aromatic nitrogens is 1. The van der Waals surface area contributed by atoms with Crippen LogP contribution in [0.4, 0.5) is 10.2 Å². The van der Waals surface area contributed by atoms with Gasteiger partial charge >= 0.3 is 5.97 Å². The van der Waals surface area contributed by atoms with E-state index in [1.165, 1.54) is 0 Å². The van der Waals surface area contributed by atoms with Crippen LogP contribution >= 0.6 is 0 Å². The van der Waals surface area contributed by atoms with Crippen LogP contribution in [0.15, 0.2) is 12.3 Å². The van der Waals surface area contributed by atoms with Crippen molar-refractivity contribution in [1.29, 1.82) is 0 Å². The lowest BCUT2D eigenvalue weighted by Crippen LogP contribution is -2.45. The number of piperidine rings is 1. The summed E-state index contributed by atoms with van der Waals surface area (Å²) >= 11 is 0. The molecule has 1 unspecified atom stereocenters. The molecule has 1 atom stereocenters. The van der Waals surface area contributed by atoms with E-state index in [0.717, 1.165) is 38.2 Å². The van der Waals surface area contributed by atoms with Crippen molar-refractivity contribution in [3.63, 3.8) is 0 Å².